The van der Waals surface area contributed by atoms with Gasteiger partial charge in [0.2, 0.25) is 5.91 Å². The van der Waals surface area contributed by atoms with Crippen molar-refractivity contribution in [2.45, 2.75) is 70.3 Å². The lowest BCUT2D eigenvalue weighted by Crippen LogP contribution is -2.52. The smallest absolute Gasteiger partial charge is 0.379 e. The number of ether oxygens (including phenoxy) is 2. The van der Waals surface area contributed by atoms with Gasteiger partial charge in [-0.15, -0.1) is 0 Å². The number of nitrogens with one attached hydrogen (secondary N) is 1. The molecule has 3 unspecified atom stereocenters. The minimum Gasteiger partial charge on any atom is -0.379 e. The number of pyridine rings is 1. The van der Waals surface area contributed by atoms with E-state index in [1.54, 1.807) is 7.11 Å². The molecule has 0 bridgehead atoms. The Morgan fingerprint density at radius 3 is 2.80 bits per heavy atom. The molecule has 1 N–H and O–H groups in total. The van der Waals surface area contributed by atoms with E-state index in [0.29, 0.717) is 38.4 Å². The Morgan fingerprint density at radius 1 is 1.34 bits per heavy atom. The molecule has 0 spiro atoms. The van der Waals surface area contributed by atoms with Gasteiger partial charge in [0.1, 0.15) is 0 Å². The van der Waals surface area contributed by atoms with E-state index >= 15 is 0 Å². The molecule has 0 radical (unpaired) electrons. The molecule has 1 aromatic rings. The van der Waals surface area contributed by atoms with E-state index in [-0.39, 0.29) is 30.0 Å². The molecular formula is C26H36F3N3O3. The molecule has 35 heavy (non-hydrogen) atoms. The molecule has 194 valence electrons. The summed E-state index contributed by atoms with van der Waals surface area (Å²) < 4.78 is 50.4. The molecule has 9 heteroatoms. The van der Waals surface area contributed by atoms with Crippen molar-refractivity contribution >= 4 is 11.5 Å². The molecule has 2 fully saturated rings. The van der Waals surface area contributed by atoms with E-state index in [2.05, 4.69) is 24.1 Å². The number of nitrogens with zero attached hydrogens (tertiary/aromatic N) is 2. The van der Waals surface area contributed by atoms with E-state index < -0.39 is 17.2 Å². The SMILES string of the molecule is COC1COCCC1NC1CC[C@@](C(=O)N2CC=C(c3cc(C(F)(F)F)ccn3)CC2)(C(C)C)C1. The van der Waals surface area contributed by atoms with E-state index in [1.807, 2.05) is 11.0 Å². The molecule has 1 aliphatic carbocycles. The van der Waals surface area contributed by atoms with Gasteiger partial charge in [-0.2, -0.15) is 13.2 Å². The zero-order valence-corrected chi connectivity index (χ0v) is 20.7. The summed E-state index contributed by atoms with van der Waals surface area (Å²) in [6.45, 7) is 6.40. The van der Waals surface area contributed by atoms with Gasteiger partial charge in [0.25, 0.3) is 0 Å². The van der Waals surface area contributed by atoms with Crippen molar-refractivity contribution in [2.75, 3.05) is 33.4 Å². The number of hydrogen-bond donors (Lipinski definition) is 1. The lowest BCUT2D eigenvalue weighted by molar-refractivity contribution is -0.144. The van der Waals surface area contributed by atoms with Crippen molar-refractivity contribution in [1.29, 1.82) is 0 Å². The van der Waals surface area contributed by atoms with Crippen molar-refractivity contribution in [3.63, 3.8) is 0 Å². The van der Waals surface area contributed by atoms with Crippen LogP contribution in [0.25, 0.3) is 5.57 Å². The van der Waals surface area contributed by atoms with E-state index in [0.717, 1.165) is 43.4 Å². The average molecular weight is 496 g/mol. The number of methoxy groups -OCH3 is 1. The first-order valence-electron chi connectivity index (χ1n) is 12.5. The van der Waals surface area contributed by atoms with Crippen LogP contribution in [0.1, 0.15) is 57.2 Å². The van der Waals surface area contributed by atoms with Gasteiger partial charge in [-0.1, -0.05) is 19.9 Å². The van der Waals surface area contributed by atoms with Crippen LogP contribution in [0.3, 0.4) is 0 Å². The van der Waals surface area contributed by atoms with Crippen LogP contribution in [-0.4, -0.2) is 67.4 Å². The van der Waals surface area contributed by atoms with E-state index in [1.165, 1.54) is 6.20 Å². The van der Waals surface area contributed by atoms with E-state index in [9.17, 15) is 18.0 Å². The maximum atomic E-state index is 13.8. The lowest BCUT2D eigenvalue weighted by atomic mass is 9.74. The molecule has 1 saturated heterocycles. The molecule has 1 aromatic heterocycles. The van der Waals surface area contributed by atoms with Crippen LogP contribution >= 0.6 is 0 Å². The van der Waals surface area contributed by atoms with Crippen molar-refractivity contribution in [3.8, 4) is 0 Å². The first kappa shape index (κ1) is 26.1. The Kier molecular flexibility index (Phi) is 7.88. The average Bonchev–Trinajstić information content (AvgIpc) is 3.29. The predicted octanol–water partition coefficient (Wildman–Crippen LogP) is 4.30. The number of halogens is 3. The molecule has 4 atom stereocenters. The number of alkyl halides is 3. The van der Waals surface area contributed by atoms with Crippen LogP contribution in [0.5, 0.6) is 0 Å². The van der Waals surface area contributed by atoms with Gasteiger partial charge in [-0.05, 0) is 55.7 Å². The van der Waals surface area contributed by atoms with Crippen molar-refractivity contribution in [3.05, 3.63) is 35.7 Å². The summed E-state index contributed by atoms with van der Waals surface area (Å²) in [5.41, 5.74) is -0.0504. The number of aromatic nitrogens is 1. The molecule has 6 nitrogen and oxygen atoms in total. The second-order valence-electron chi connectivity index (χ2n) is 10.3. The van der Waals surface area contributed by atoms with Crippen LogP contribution in [-0.2, 0) is 20.4 Å². The van der Waals surface area contributed by atoms with Crippen LogP contribution in [0.2, 0.25) is 0 Å². The highest BCUT2D eigenvalue weighted by atomic mass is 19.4. The van der Waals surface area contributed by atoms with Gasteiger partial charge in [0, 0.05) is 45.1 Å². The highest BCUT2D eigenvalue weighted by molar-refractivity contribution is 5.84. The van der Waals surface area contributed by atoms with Gasteiger partial charge in [-0.3, -0.25) is 9.78 Å². The fourth-order valence-electron chi connectivity index (χ4n) is 5.80. The second-order valence-corrected chi connectivity index (χ2v) is 10.3. The number of rotatable bonds is 6. The van der Waals surface area contributed by atoms with Crippen molar-refractivity contribution < 1.29 is 27.4 Å². The fourth-order valence-corrected chi connectivity index (χ4v) is 5.80. The molecule has 3 aliphatic rings. The van der Waals surface area contributed by atoms with Crippen molar-refractivity contribution in [2.24, 2.45) is 11.3 Å². The Bertz CT molecular complexity index is 936. The summed E-state index contributed by atoms with van der Waals surface area (Å²) in [4.78, 5) is 19.8. The normalized spacial score (nSPS) is 30.0. The zero-order valence-electron chi connectivity index (χ0n) is 20.7. The summed E-state index contributed by atoms with van der Waals surface area (Å²) >= 11 is 0. The fraction of sp³-hybridized carbons (Fsp3) is 0.692. The third-order valence-corrected chi connectivity index (χ3v) is 8.05. The number of carbonyl (C=O) groups is 1. The molecule has 0 aromatic carbocycles. The summed E-state index contributed by atoms with van der Waals surface area (Å²) in [6, 6.07) is 2.54. The standard InChI is InChI=1S/C26H36F3N3O3/c1-17(2)25(9-4-20(15-25)31-21-8-13-35-16-23(21)34-3)24(33)32-11-6-18(7-12-32)22-14-19(5-10-30-22)26(27,28)29/h5-6,10,14,17,20-21,23,31H,4,7-9,11-13,15-16H2,1-3H3/t20?,21?,23?,25-/m0/s1. The Morgan fingerprint density at radius 2 is 2.14 bits per heavy atom. The highest BCUT2D eigenvalue weighted by Crippen LogP contribution is 2.46. The minimum absolute atomic E-state index is 0.0172. The Labute approximate surface area is 205 Å². The maximum Gasteiger partial charge on any atom is 0.416 e. The second kappa shape index (κ2) is 10.6. The van der Waals surface area contributed by atoms with Crippen LogP contribution in [0.15, 0.2) is 24.4 Å². The van der Waals surface area contributed by atoms with E-state index in [4.69, 9.17) is 9.47 Å². The summed E-state index contributed by atoms with van der Waals surface area (Å²) in [5, 5.41) is 3.74. The third kappa shape index (κ3) is 5.57. The van der Waals surface area contributed by atoms with Crippen LogP contribution in [0, 0.1) is 11.3 Å². The van der Waals surface area contributed by atoms with Gasteiger partial charge in [-0.25, -0.2) is 0 Å². The molecule has 1 amide bonds. The zero-order chi connectivity index (χ0) is 25.2. The first-order valence-corrected chi connectivity index (χ1v) is 12.5. The molecule has 1 saturated carbocycles. The minimum atomic E-state index is -4.40. The van der Waals surface area contributed by atoms with Gasteiger partial charge < -0.3 is 19.7 Å². The maximum absolute atomic E-state index is 13.8. The van der Waals surface area contributed by atoms with Crippen molar-refractivity contribution in [1.82, 2.24) is 15.2 Å². The number of amides is 1. The van der Waals surface area contributed by atoms with Gasteiger partial charge >= 0.3 is 6.18 Å². The summed E-state index contributed by atoms with van der Waals surface area (Å²) in [5.74, 6) is 0.338. The monoisotopic (exact) mass is 495 g/mol. The van der Waals surface area contributed by atoms with Crippen LogP contribution in [0.4, 0.5) is 13.2 Å². The topological polar surface area (TPSA) is 63.7 Å². The lowest BCUT2D eigenvalue weighted by Gasteiger charge is -2.39. The van der Waals surface area contributed by atoms with Gasteiger partial charge in [0.05, 0.1) is 29.4 Å². The summed E-state index contributed by atoms with van der Waals surface area (Å²) in [6.07, 6.45) is 2.58. The largest absolute Gasteiger partial charge is 0.416 e. The molecule has 3 heterocycles. The first-order chi connectivity index (χ1) is 16.6. The molecule has 4 rings (SSSR count). The quantitative estimate of drug-likeness (QED) is 0.638. The predicted molar refractivity (Wildman–Crippen MR) is 126 cm³/mol. The summed E-state index contributed by atoms with van der Waals surface area (Å²) in [7, 11) is 1.71. The number of hydrogen-bond acceptors (Lipinski definition) is 5. The Hall–Kier alpha value is -1.97. The van der Waals surface area contributed by atoms with Crippen LogP contribution < -0.4 is 5.32 Å². The Balaban J connectivity index is 1.43. The van der Waals surface area contributed by atoms with Gasteiger partial charge in [0.15, 0.2) is 0 Å². The molecular weight excluding hydrogens is 459 g/mol. The molecule has 2 aliphatic heterocycles. The number of carbonyl (C=O) groups excluding carboxylic acids is 1. The highest BCUT2D eigenvalue weighted by Gasteiger charge is 2.50. The third-order valence-electron chi connectivity index (χ3n) is 8.05.